The number of likely N-dealkylation sites (N-methyl/N-ethyl adjacent to an activating group) is 1. The first-order valence-electron chi connectivity index (χ1n) is 15.5. The van der Waals surface area contributed by atoms with E-state index in [4.69, 9.17) is 9.47 Å². The number of aryl methyl sites for hydroxylation is 1. The fraction of sp³-hybridized carbons (Fsp3) is 0.543. The lowest BCUT2D eigenvalue weighted by Crippen LogP contribution is -2.31. The van der Waals surface area contributed by atoms with Gasteiger partial charge < -0.3 is 14.6 Å². The fourth-order valence-electron chi connectivity index (χ4n) is 5.92. The van der Waals surface area contributed by atoms with Gasteiger partial charge in [-0.2, -0.15) is 0 Å². The molecule has 0 aromatic heterocycles. The molecule has 40 heavy (non-hydrogen) atoms. The molecule has 5 heteroatoms. The number of methoxy groups -OCH3 is 1. The average molecular weight is 547 g/mol. The van der Waals surface area contributed by atoms with E-state index < -0.39 is 0 Å². The zero-order chi connectivity index (χ0) is 28.0. The molecule has 0 radical (unpaired) electrons. The van der Waals surface area contributed by atoms with Gasteiger partial charge in [-0.15, -0.1) is 0 Å². The number of fused-ring (bicyclic) bond motifs is 1. The predicted octanol–water partition coefficient (Wildman–Crippen LogP) is 7.14. The quantitative estimate of drug-likeness (QED) is 0.214. The third kappa shape index (κ3) is 10.0. The van der Waals surface area contributed by atoms with E-state index in [1.807, 2.05) is 12.1 Å². The van der Waals surface area contributed by atoms with Crippen LogP contribution in [0.25, 0.3) is 0 Å². The van der Waals surface area contributed by atoms with Crippen LogP contribution in [0.1, 0.15) is 68.6 Å². The summed E-state index contributed by atoms with van der Waals surface area (Å²) in [6.07, 6.45) is 17.7. The minimum absolute atomic E-state index is 0.378. The van der Waals surface area contributed by atoms with Crippen LogP contribution in [0, 0.1) is 5.92 Å². The second-order valence-corrected chi connectivity index (χ2v) is 11.4. The molecule has 1 aliphatic carbocycles. The minimum Gasteiger partial charge on any atom is -0.508 e. The standard InChI is InChI=1S/C35H50N2O3/c1-3-36(28-30-13-18-35(19-14-30)40-25-24-37-21-7-5-4-6-8-22-37)23-20-34(39-2)11-9-10-29-12-15-32-27-33(38)17-16-31(32)26-29/h9,11,13-14,16-20,27,29,38H,3-8,10,12,15,21-26,28H2,1-2H3/b11-9-,34-20+/t29-/m0/s1. The monoisotopic (exact) mass is 546 g/mol. The summed E-state index contributed by atoms with van der Waals surface area (Å²) in [4.78, 5) is 4.98. The van der Waals surface area contributed by atoms with E-state index in [-0.39, 0.29) is 0 Å². The molecule has 0 unspecified atom stereocenters. The number of benzene rings is 2. The summed E-state index contributed by atoms with van der Waals surface area (Å²) >= 11 is 0. The summed E-state index contributed by atoms with van der Waals surface area (Å²) in [6, 6.07) is 14.4. The van der Waals surface area contributed by atoms with Gasteiger partial charge in [-0.05, 0) is 117 Å². The van der Waals surface area contributed by atoms with E-state index in [0.717, 1.165) is 63.6 Å². The second-order valence-electron chi connectivity index (χ2n) is 11.4. The highest BCUT2D eigenvalue weighted by molar-refractivity contribution is 5.36. The Kier molecular flexibility index (Phi) is 12.5. The van der Waals surface area contributed by atoms with Gasteiger partial charge in [0.25, 0.3) is 0 Å². The number of likely N-dealkylation sites (tertiary alicyclic amines) is 1. The maximum absolute atomic E-state index is 9.72. The number of allylic oxidation sites excluding steroid dienone is 2. The summed E-state index contributed by atoms with van der Waals surface area (Å²) < 4.78 is 11.7. The Hall–Kier alpha value is -2.76. The van der Waals surface area contributed by atoms with Crippen molar-refractivity contribution in [2.24, 2.45) is 5.92 Å². The predicted molar refractivity (Wildman–Crippen MR) is 165 cm³/mol. The van der Waals surface area contributed by atoms with E-state index in [0.29, 0.717) is 11.7 Å². The largest absolute Gasteiger partial charge is 0.508 e. The second kappa shape index (κ2) is 16.5. The number of nitrogens with zero attached hydrogens (tertiary/aromatic N) is 2. The summed E-state index contributed by atoms with van der Waals surface area (Å²) in [6.45, 7) is 9.14. The van der Waals surface area contributed by atoms with Crippen LogP contribution in [-0.2, 0) is 24.1 Å². The van der Waals surface area contributed by atoms with E-state index >= 15 is 0 Å². The molecule has 0 saturated carbocycles. The van der Waals surface area contributed by atoms with E-state index in [1.165, 1.54) is 68.3 Å². The Morgan fingerprint density at radius 2 is 1.80 bits per heavy atom. The van der Waals surface area contributed by atoms with Crippen molar-refractivity contribution >= 4 is 0 Å². The molecule has 218 valence electrons. The van der Waals surface area contributed by atoms with Crippen molar-refractivity contribution in [3.05, 3.63) is 83.1 Å². The highest BCUT2D eigenvalue weighted by Gasteiger charge is 2.18. The van der Waals surface area contributed by atoms with Crippen LogP contribution in [0.3, 0.4) is 0 Å². The first-order valence-corrected chi connectivity index (χ1v) is 15.5. The van der Waals surface area contributed by atoms with Crippen molar-refractivity contribution in [1.29, 1.82) is 0 Å². The van der Waals surface area contributed by atoms with Crippen molar-refractivity contribution in [2.75, 3.05) is 46.4 Å². The molecule has 1 heterocycles. The van der Waals surface area contributed by atoms with Crippen molar-refractivity contribution in [1.82, 2.24) is 9.80 Å². The van der Waals surface area contributed by atoms with Gasteiger partial charge in [0, 0.05) is 19.6 Å². The molecular weight excluding hydrogens is 496 g/mol. The zero-order valence-corrected chi connectivity index (χ0v) is 24.8. The number of ether oxygens (including phenoxy) is 2. The molecular formula is C35H50N2O3. The van der Waals surface area contributed by atoms with Gasteiger partial charge in [-0.25, -0.2) is 0 Å². The number of rotatable bonds is 13. The molecule has 1 fully saturated rings. The molecule has 1 atom stereocenters. The van der Waals surface area contributed by atoms with Crippen LogP contribution < -0.4 is 4.74 Å². The summed E-state index contributed by atoms with van der Waals surface area (Å²) in [5.74, 6) is 2.90. The number of aromatic hydroxyl groups is 1. The van der Waals surface area contributed by atoms with Crippen molar-refractivity contribution < 1.29 is 14.6 Å². The topological polar surface area (TPSA) is 45.2 Å². The molecule has 2 aromatic rings. The molecule has 1 aliphatic heterocycles. The van der Waals surface area contributed by atoms with E-state index in [9.17, 15) is 5.11 Å². The number of hydrogen-bond acceptors (Lipinski definition) is 5. The Labute approximate surface area is 242 Å². The highest BCUT2D eigenvalue weighted by atomic mass is 16.5. The van der Waals surface area contributed by atoms with Gasteiger partial charge in [0.2, 0.25) is 0 Å². The van der Waals surface area contributed by atoms with Crippen molar-refractivity contribution in [2.45, 2.75) is 71.3 Å². The van der Waals surface area contributed by atoms with Crippen molar-refractivity contribution in [3.8, 4) is 11.5 Å². The van der Waals surface area contributed by atoms with Crippen LogP contribution >= 0.6 is 0 Å². The lowest BCUT2D eigenvalue weighted by atomic mass is 9.82. The first kappa shape index (κ1) is 30.2. The smallest absolute Gasteiger partial charge is 0.119 e. The van der Waals surface area contributed by atoms with Gasteiger partial charge >= 0.3 is 0 Å². The first-order chi connectivity index (χ1) is 19.6. The van der Waals surface area contributed by atoms with Gasteiger partial charge in [0.05, 0.1) is 7.11 Å². The van der Waals surface area contributed by atoms with Crippen LogP contribution in [0.15, 0.2) is 66.5 Å². The van der Waals surface area contributed by atoms with Crippen LogP contribution in [0.4, 0.5) is 0 Å². The van der Waals surface area contributed by atoms with Crippen LogP contribution in [-0.4, -0.2) is 61.3 Å². The molecule has 0 spiro atoms. The van der Waals surface area contributed by atoms with Crippen molar-refractivity contribution in [3.63, 3.8) is 0 Å². The maximum Gasteiger partial charge on any atom is 0.119 e. The van der Waals surface area contributed by atoms with Gasteiger partial charge in [0.15, 0.2) is 0 Å². The lowest BCUT2D eigenvalue weighted by Gasteiger charge is -2.24. The Balaban J connectivity index is 1.19. The molecule has 5 nitrogen and oxygen atoms in total. The molecule has 1 saturated heterocycles. The number of hydrogen-bond donors (Lipinski definition) is 1. The fourth-order valence-corrected chi connectivity index (χ4v) is 5.92. The molecule has 2 aliphatic rings. The molecule has 0 amide bonds. The Morgan fingerprint density at radius 1 is 1.02 bits per heavy atom. The van der Waals surface area contributed by atoms with E-state index in [2.05, 4.69) is 65.3 Å². The lowest BCUT2D eigenvalue weighted by molar-refractivity contribution is 0.195. The average Bonchev–Trinajstić information content (AvgIpc) is 2.96. The number of phenols is 1. The third-order valence-electron chi connectivity index (χ3n) is 8.46. The van der Waals surface area contributed by atoms with Gasteiger partial charge in [0.1, 0.15) is 23.9 Å². The Morgan fingerprint density at radius 3 is 2.55 bits per heavy atom. The summed E-state index contributed by atoms with van der Waals surface area (Å²) in [5.41, 5.74) is 3.98. The van der Waals surface area contributed by atoms with Crippen LogP contribution in [0.5, 0.6) is 11.5 Å². The molecule has 4 rings (SSSR count). The molecule has 0 bridgehead atoms. The third-order valence-corrected chi connectivity index (χ3v) is 8.46. The van der Waals surface area contributed by atoms with Gasteiger partial charge in [-0.3, -0.25) is 9.80 Å². The highest BCUT2D eigenvalue weighted by Crippen LogP contribution is 2.30. The number of phenolic OH excluding ortho intramolecular Hbond substituents is 1. The van der Waals surface area contributed by atoms with E-state index in [1.54, 1.807) is 7.11 Å². The van der Waals surface area contributed by atoms with Crippen LogP contribution in [0.2, 0.25) is 0 Å². The summed E-state index contributed by atoms with van der Waals surface area (Å²) in [7, 11) is 1.75. The molecule has 1 N–H and O–H groups in total. The summed E-state index contributed by atoms with van der Waals surface area (Å²) in [5, 5.41) is 9.72. The van der Waals surface area contributed by atoms with Gasteiger partial charge in [-0.1, -0.05) is 50.5 Å². The zero-order valence-electron chi connectivity index (χ0n) is 24.8. The maximum atomic E-state index is 9.72. The Bertz CT molecular complexity index is 1070. The SMILES string of the molecule is CCN(C/C=C(\C=C/C[C@H]1CCc2cc(O)ccc2C1)OC)Cc1ccc(OCCN2CCCCCCC2)cc1. The normalized spacial score (nSPS) is 18.9. The minimum atomic E-state index is 0.378. The molecule has 2 aromatic carbocycles.